The third-order valence-electron chi connectivity index (χ3n) is 2.22. The van der Waals surface area contributed by atoms with Crippen LogP contribution in [0.3, 0.4) is 0 Å². The van der Waals surface area contributed by atoms with E-state index in [-0.39, 0.29) is 6.61 Å². The molecule has 0 aromatic rings. The van der Waals surface area contributed by atoms with Gasteiger partial charge in [-0.05, 0) is 25.7 Å². The van der Waals surface area contributed by atoms with Gasteiger partial charge in [0.05, 0.1) is 0 Å². The lowest BCUT2D eigenvalue weighted by molar-refractivity contribution is 0.0574. The van der Waals surface area contributed by atoms with Crippen LogP contribution in [0, 0.1) is 0 Å². The molecule has 0 saturated heterocycles. The Hall–Kier alpha value is 0.0569. The van der Waals surface area contributed by atoms with Gasteiger partial charge in [0.15, 0.2) is 0 Å². The number of aliphatic hydroxyl groups excluding tert-OH is 1. The van der Waals surface area contributed by atoms with Crippen molar-refractivity contribution in [3.63, 3.8) is 0 Å². The lowest BCUT2D eigenvalue weighted by atomic mass is 10.5. The Kier molecular flexibility index (Phi) is 11.2. The van der Waals surface area contributed by atoms with Crippen molar-refractivity contribution in [2.45, 2.75) is 52.5 Å². The minimum atomic E-state index is -2.54. The molecule has 0 radical (unpaired) electrons. The predicted octanol–water partition coefficient (Wildman–Crippen LogP) is 2.59. The van der Waals surface area contributed by atoms with Gasteiger partial charge in [0.1, 0.15) is 0 Å². The highest BCUT2D eigenvalue weighted by molar-refractivity contribution is 6.60. The molecule has 104 valence electrons. The highest BCUT2D eigenvalue weighted by Gasteiger charge is 2.40. The zero-order valence-corrected chi connectivity index (χ0v) is 12.5. The molecule has 4 nitrogen and oxygen atoms in total. The summed E-state index contributed by atoms with van der Waals surface area (Å²) in [5, 5.41) is 8.96. The fraction of sp³-hybridized carbons (Fsp3) is 1.00. The van der Waals surface area contributed by atoms with Crippen LogP contribution in [-0.2, 0) is 13.3 Å². The topological polar surface area (TPSA) is 47.9 Å². The average molecular weight is 264 g/mol. The van der Waals surface area contributed by atoms with Crippen LogP contribution in [-0.4, -0.2) is 40.3 Å². The highest BCUT2D eigenvalue weighted by Crippen LogP contribution is 2.19. The van der Waals surface area contributed by atoms with Crippen LogP contribution >= 0.6 is 0 Å². The van der Waals surface area contributed by atoms with E-state index in [2.05, 4.69) is 20.8 Å². The van der Waals surface area contributed by atoms with Gasteiger partial charge < -0.3 is 18.4 Å². The quantitative estimate of drug-likeness (QED) is 0.550. The first-order valence-corrected chi connectivity index (χ1v) is 8.70. The fourth-order valence-electron chi connectivity index (χ4n) is 1.41. The van der Waals surface area contributed by atoms with Gasteiger partial charge in [-0.3, -0.25) is 0 Å². The van der Waals surface area contributed by atoms with Gasteiger partial charge in [-0.1, -0.05) is 20.8 Å². The van der Waals surface area contributed by atoms with Crippen LogP contribution in [0.1, 0.15) is 46.5 Å². The first-order chi connectivity index (χ1) is 8.24. The molecular formula is C12H28O4Si. The standard InChI is InChI=1S/C12H28O4Si/c1-4-9-14-17(12-7-8-13,15-10-5-2)16-11-6-3/h13H,4-12H2,1-3H3. The van der Waals surface area contributed by atoms with Crippen molar-refractivity contribution in [3.05, 3.63) is 0 Å². The van der Waals surface area contributed by atoms with E-state index in [1.807, 2.05) is 0 Å². The second-order valence-electron chi connectivity index (χ2n) is 4.06. The van der Waals surface area contributed by atoms with Crippen molar-refractivity contribution in [1.82, 2.24) is 0 Å². The summed E-state index contributed by atoms with van der Waals surface area (Å²) in [5.41, 5.74) is 0. The summed E-state index contributed by atoms with van der Waals surface area (Å²) in [6.45, 7) is 8.40. The van der Waals surface area contributed by atoms with E-state index in [0.717, 1.165) is 19.3 Å². The Labute approximate surface area is 107 Å². The number of aliphatic hydroxyl groups is 1. The lowest BCUT2D eigenvalue weighted by Gasteiger charge is -2.29. The predicted molar refractivity (Wildman–Crippen MR) is 71.0 cm³/mol. The first kappa shape index (κ1) is 17.1. The molecule has 0 spiro atoms. The van der Waals surface area contributed by atoms with Crippen LogP contribution in [0.15, 0.2) is 0 Å². The lowest BCUT2D eigenvalue weighted by Crippen LogP contribution is -2.46. The molecule has 0 amide bonds. The summed E-state index contributed by atoms with van der Waals surface area (Å²) in [6.07, 6.45) is 3.56. The third-order valence-corrected chi connectivity index (χ3v) is 5.12. The van der Waals surface area contributed by atoms with Gasteiger partial charge in [-0.2, -0.15) is 0 Å². The Morgan fingerprint density at radius 1 is 0.824 bits per heavy atom. The van der Waals surface area contributed by atoms with E-state index in [4.69, 9.17) is 18.4 Å². The molecule has 0 unspecified atom stereocenters. The van der Waals surface area contributed by atoms with Crippen molar-refractivity contribution in [2.24, 2.45) is 0 Å². The van der Waals surface area contributed by atoms with Crippen LogP contribution in [0.25, 0.3) is 0 Å². The van der Waals surface area contributed by atoms with Gasteiger partial charge in [0.2, 0.25) is 0 Å². The molecule has 5 heteroatoms. The molecule has 0 aliphatic heterocycles. The molecule has 0 heterocycles. The SMILES string of the molecule is CCCO[Si](CCCO)(OCCC)OCCC. The van der Waals surface area contributed by atoms with Crippen molar-refractivity contribution >= 4 is 8.80 Å². The fourth-order valence-corrected chi connectivity index (χ4v) is 4.23. The zero-order chi connectivity index (χ0) is 13.0. The molecule has 0 atom stereocenters. The van der Waals surface area contributed by atoms with Crippen LogP contribution in [0.4, 0.5) is 0 Å². The molecule has 1 N–H and O–H groups in total. The van der Waals surface area contributed by atoms with Gasteiger partial charge in [-0.25, -0.2) is 0 Å². The number of hydrogen-bond donors (Lipinski definition) is 1. The van der Waals surface area contributed by atoms with Crippen molar-refractivity contribution in [3.8, 4) is 0 Å². The summed E-state index contributed by atoms with van der Waals surface area (Å²) in [5.74, 6) is 0. The van der Waals surface area contributed by atoms with E-state index in [1.54, 1.807) is 0 Å². The second-order valence-corrected chi connectivity index (χ2v) is 6.79. The molecule has 0 rings (SSSR count). The normalized spacial score (nSPS) is 12.0. The molecule has 0 aliphatic carbocycles. The van der Waals surface area contributed by atoms with E-state index in [9.17, 15) is 0 Å². The Morgan fingerprint density at radius 2 is 1.24 bits per heavy atom. The molecule has 0 saturated carbocycles. The van der Waals surface area contributed by atoms with Crippen LogP contribution in [0.2, 0.25) is 6.04 Å². The van der Waals surface area contributed by atoms with E-state index in [0.29, 0.717) is 32.3 Å². The third kappa shape index (κ3) is 7.89. The van der Waals surface area contributed by atoms with Crippen molar-refractivity contribution < 1.29 is 18.4 Å². The molecule has 0 aliphatic rings. The van der Waals surface area contributed by atoms with Gasteiger partial charge >= 0.3 is 8.80 Å². The average Bonchev–Trinajstić information content (AvgIpc) is 2.37. The second kappa shape index (κ2) is 11.2. The first-order valence-electron chi connectivity index (χ1n) is 6.77. The van der Waals surface area contributed by atoms with E-state index in [1.165, 1.54) is 0 Å². The van der Waals surface area contributed by atoms with E-state index < -0.39 is 8.80 Å². The zero-order valence-electron chi connectivity index (χ0n) is 11.5. The molecule has 0 bridgehead atoms. The smallest absolute Gasteiger partial charge is 0.396 e. The molecule has 0 aromatic heterocycles. The van der Waals surface area contributed by atoms with Crippen LogP contribution in [0.5, 0.6) is 0 Å². The van der Waals surface area contributed by atoms with Crippen molar-refractivity contribution in [2.75, 3.05) is 26.4 Å². The largest absolute Gasteiger partial charge is 0.501 e. The number of rotatable bonds is 12. The number of hydrogen-bond acceptors (Lipinski definition) is 4. The Morgan fingerprint density at radius 3 is 1.53 bits per heavy atom. The van der Waals surface area contributed by atoms with Gasteiger partial charge in [0, 0.05) is 32.5 Å². The van der Waals surface area contributed by atoms with Gasteiger partial charge in [0.25, 0.3) is 0 Å². The van der Waals surface area contributed by atoms with Gasteiger partial charge in [-0.15, -0.1) is 0 Å². The van der Waals surface area contributed by atoms with Crippen LogP contribution < -0.4 is 0 Å². The minimum Gasteiger partial charge on any atom is -0.396 e. The molecule has 0 aromatic carbocycles. The molecular weight excluding hydrogens is 236 g/mol. The van der Waals surface area contributed by atoms with E-state index >= 15 is 0 Å². The maximum absolute atomic E-state index is 8.96. The Bertz CT molecular complexity index is 129. The molecule has 0 fully saturated rings. The monoisotopic (exact) mass is 264 g/mol. The summed E-state index contributed by atoms with van der Waals surface area (Å²) >= 11 is 0. The summed E-state index contributed by atoms with van der Waals surface area (Å²) in [7, 11) is -2.54. The maximum atomic E-state index is 8.96. The minimum absolute atomic E-state index is 0.162. The highest BCUT2D eigenvalue weighted by atomic mass is 28.4. The summed E-state index contributed by atoms with van der Waals surface area (Å²) in [4.78, 5) is 0. The maximum Gasteiger partial charge on any atom is 0.501 e. The summed E-state index contributed by atoms with van der Waals surface area (Å²) < 4.78 is 17.6. The van der Waals surface area contributed by atoms with Crippen molar-refractivity contribution in [1.29, 1.82) is 0 Å². The summed E-state index contributed by atoms with van der Waals surface area (Å²) in [6, 6.07) is 0.712. The Balaban J connectivity index is 4.39. The molecule has 17 heavy (non-hydrogen) atoms.